The lowest BCUT2D eigenvalue weighted by molar-refractivity contribution is -0.870. The predicted octanol–water partition coefficient (Wildman–Crippen LogP) is 28.7. The minimum absolute atomic E-state index is 0.0274. The third-order valence-corrected chi connectivity index (χ3v) is 21.1. The van der Waals surface area contributed by atoms with Crippen LogP contribution >= 0.6 is 7.82 Å². The van der Waals surface area contributed by atoms with Crippen LogP contribution in [0.25, 0.3) is 0 Å². The number of hydrogen-bond donors (Lipinski definition) is 0. The van der Waals surface area contributed by atoms with Crippen molar-refractivity contribution in [2.45, 2.75) is 469 Å². The fourth-order valence-corrected chi connectivity index (χ4v) is 14.2. The molecule has 0 aliphatic carbocycles. The number of rotatable bonds is 83. The standard InChI is InChI=1S/C88H170NO8P/c1-6-8-10-12-14-16-18-20-22-24-26-28-30-32-34-36-38-40-41-42-43-44-45-46-47-49-50-52-54-56-58-60-62-64-66-68-70-72-74-76-78-80-87(90)94-84-86(85-96-98(92,93)95-83-82-89(3,4)5)97-88(91)81-79-77-75-73-71-69-67-65-63-61-59-57-55-53-51-48-39-37-35-33-31-29-27-25-23-21-19-17-15-13-11-9-7-2/h19,21,25,27,31,33,86H,6-18,20,22-24,26,28-30,32,34-85H2,1-5H3/b21-19-,27-25-,33-31-. The third kappa shape index (κ3) is 83.2. The summed E-state index contributed by atoms with van der Waals surface area (Å²) in [7, 11) is 1.19. The Kier molecular flexibility index (Phi) is 77.9. The molecule has 0 aromatic carbocycles. The van der Waals surface area contributed by atoms with Gasteiger partial charge in [0.05, 0.1) is 27.7 Å². The monoisotopic (exact) mass is 1400 g/mol. The van der Waals surface area contributed by atoms with Gasteiger partial charge >= 0.3 is 11.9 Å². The van der Waals surface area contributed by atoms with Crippen molar-refractivity contribution in [3.8, 4) is 0 Å². The van der Waals surface area contributed by atoms with Crippen molar-refractivity contribution in [1.29, 1.82) is 0 Å². The van der Waals surface area contributed by atoms with E-state index in [1.165, 1.54) is 385 Å². The molecule has 10 heteroatoms. The van der Waals surface area contributed by atoms with Gasteiger partial charge < -0.3 is 27.9 Å². The third-order valence-electron chi connectivity index (χ3n) is 20.2. The quantitative estimate of drug-likeness (QED) is 0.0195. The molecular formula is C88H170NO8P. The molecule has 0 rings (SSSR count). The molecule has 0 aromatic rings. The molecule has 0 bridgehead atoms. The number of esters is 2. The average molecular weight is 1400 g/mol. The SMILES string of the molecule is CCCCCCC/C=C\C/C=C\C/C=C\CCCCCCCCCCCCCCCCCCCCC(=O)OC(COC(=O)CCCCCCCCCCCCCCCCCCCCCCCCCCCCCCCCCCCCCCCCCCC)COP(=O)([O-])OCC[N+](C)(C)C. The molecule has 0 aliphatic heterocycles. The fraction of sp³-hybridized carbons (Fsp3) is 0.909. The number of phosphoric acid groups is 1. The van der Waals surface area contributed by atoms with Crippen molar-refractivity contribution < 1.29 is 42.1 Å². The Hall–Kier alpha value is -1.77. The van der Waals surface area contributed by atoms with E-state index in [0.29, 0.717) is 17.4 Å². The Labute approximate surface area is 612 Å². The van der Waals surface area contributed by atoms with Gasteiger partial charge in [-0.3, -0.25) is 14.2 Å². The molecule has 0 heterocycles. The average Bonchev–Trinajstić information content (AvgIpc) is 1.08. The second-order valence-corrected chi connectivity index (χ2v) is 32.7. The first-order valence-electron chi connectivity index (χ1n) is 43.7. The summed E-state index contributed by atoms with van der Waals surface area (Å²) in [6.45, 7) is 4.32. The molecule has 2 unspecified atom stereocenters. The van der Waals surface area contributed by atoms with E-state index in [-0.39, 0.29) is 32.0 Å². The summed E-state index contributed by atoms with van der Waals surface area (Å²) in [5.41, 5.74) is 0. The largest absolute Gasteiger partial charge is 0.756 e. The van der Waals surface area contributed by atoms with Crippen LogP contribution in [0, 0.1) is 0 Å². The van der Waals surface area contributed by atoms with E-state index in [2.05, 4.69) is 50.3 Å². The zero-order chi connectivity index (χ0) is 71.1. The molecule has 0 aromatic heterocycles. The maximum absolute atomic E-state index is 12.9. The Morgan fingerprint density at radius 1 is 0.316 bits per heavy atom. The number of carbonyl (C=O) groups excluding carboxylic acids is 2. The van der Waals surface area contributed by atoms with Crippen LogP contribution in [-0.2, 0) is 32.7 Å². The minimum Gasteiger partial charge on any atom is -0.756 e. The summed E-state index contributed by atoms with van der Waals surface area (Å²) in [6.07, 6.45) is 105. The molecule has 0 N–H and O–H groups in total. The van der Waals surface area contributed by atoms with E-state index in [0.717, 1.165) is 44.9 Å². The van der Waals surface area contributed by atoms with E-state index >= 15 is 0 Å². The Balaban J connectivity index is 3.84. The highest BCUT2D eigenvalue weighted by atomic mass is 31.2. The van der Waals surface area contributed by atoms with Crippen LogP contribution in [0.3, 0.4) is 0 Å². The topological polar surface area (TPSA) is 111 Å². The second-order valence-electron chi connectivity index (χ2n) is 31.3. The molecular weight excluding hydrogens is 1230 g/mol. The van der Waals surface area contributed by atoms with Crippen molar-refractivity contribution in [3.05, 3.63) is 36.5 Å². The molecule has 0 saturated heterocycles. The van der Waals surface area contributed by atoms with Crippen molar-refractivity contribution in [2.75, 3.05) is 47.5 Å². The summed E-state index contributed by atoms with van der Waals surface area (Å²) >= 11 is 0. The Morgan fingerprint density at radius 3 is 0.816 bits per heavy atom. The highest BCUT2D eigenvalue weighted by Crippen LogP contribution is 2.38. The number of phosphoric ester groups is 1. The van der Waals surface area contributed by atoms with Gasteiger partial charge in [0, 0.05) is 12.8 Å². The molecule has 0 saturated carbocycles. The predicted molar refractivity (Wildman–Crippen MR) is 425 cm³/mol. The van der Waals surface area contributed by atoms with Crippen LogP contribution < -0.4 is 4.89 Å². The number of unbranched alkanes of at least 4 members (excludes halogenated alkanes) is 63. The van der Waals surface area contributed by atoms with E-state index in [1.807, 2.05) is 21.1 Å². The van der Waals surface area contributed by atoms with Gasteiger partial charge in [0.2, 0.25) is 0 Å². The van der Waals surface area contributed by atoms with Gasteiger partial charge in [-0.1, -0.05) is 436 Å². The lowest BCUT2D eigenvalue weighted by Gasteiger charge is -2.28. The van der Waals surface area contributed by atoms with Gasteiger partial charge in [-0.25, -0.2) is 0 Å². The molecule has 0 radical (unpaired) electrons. The lowest BCUT2D eigenvalue weighted by atomic mass is 10.0. The van der Waals surface area contributed by atoms with Crippen LogP contribution in [0.15, 0.2) is 36.5 Å². The number of likely N-dealkylation sites (N-methyl/N-ethyl adjacent to an activating group) is 1. The summed E-state index contributed by atoms with van der Waals surface area (Å²) < 4.78 is 34.5. The molecule has 98 heavy (non-hydrogen) atoms. The normalized spacial score (nSPS) is 13.1. The van der Waals surface area contributed by atoms with E-state index in [4.69, 9.17) is 18.5 Å². The van der Waals surface area contributed by atoms with Crippen LogP contribution in [0.5, 0.6) is 0 Å². The fourth-order valence-electron chi connectivity index (χ4n) is 13.5. The summed E-state index contributed by atoms with van der Waals surface area (Å²) in [5, 5.41) is 0. The zero-order valence-corrected chi connectivity index (χ0v) is 67.4. The number of hydrogen-bond acceptors (Lipinski definition) is 8. The molecule has 0 spiro atoms. The summed E-state index contributed by atoms with van der Waals surface area (Å²) in [4.78, 5) is 38.2. The molecule has 2 atom stereocenters. The van der Waals surface area contributed by atoms with E-state index in [1.54, 1.807) is 0 Å². The first-order valence-corrected chi connectivity index (χ1v) is 45.2. The van der Waals surface area contributed by atoms with Gasteiger partial charge in [-0.2, -0.15) is 0 Å². The number of nitrogens with zero attached hydrogens (tertiary/aromatic N) is 1. The second kappa shape index (κ2) is 79.3. The van der Waals surface area contributed by atoms with Gasteiger partial charge in [-0.05, 0) is 51.4 Å². The number of ether oxygens (including phenoxy) is 2. The van der Waals surface area contributed by atoms with E-state index < -0.39 is 26.5 Å². The summed E-state index contributed by atoms with van der Waals surface area (Å²) in [5.74, 6) is -0.806. The van der Waals surface area contributed by atoms with Crippen LogP contribution in [0.1, 0.15) is 463 Å². The van der Waals surface area contributed by atoms with Crippen molar-refractivity contribution >= 4 is 19.8 Å². The minimum atomic E-state index is -4.64. The maximum Gasteiger partial charge on any atom is 0.306 e. The van der Waals surface area contributed by atoms with Gasteiger partial charge in [-0.15, -0.1) is 0 Å². The van der Waals surface area contributed by atoms with E-state index in [9.17, 15) is 19.0 Å². The Morgan fingerprint density at radius 2 is 0.551 bits per heavy atom. The molecule has 0 amide bonds. The van der Waals surface area contributed by atoms with Crippen LogP contribution in [0.2, 0.25) is 0 Å². The molecule has 580 valence electrons. The highest BCUT2D eigenvalue weighted by molar-refractivity contribution is 7.45. The smallest absolute Gasteiger partial charge is 0.306 e. The molecule has 0 aliphatic rings. The number of carbonyl (C=O) groups is 2. The van der Waals surface area contributed by atoms with Crippen molar-refractivity contribution in [1.82, 2.24) is 0 Å². The Bertz CT molecular complexity index is 1740. The molecule has 0 fully saturated rings. The highest BCUT2D eigenvalue weighted by Gasteiger charge is 2.22. The first-order chi connectivity index (χ1) is 48.0. The maximum atomic E-state index is 12.9. The van der Waals surface area contributed by atoms with Crippen LogP contribution in [-0.4, -0.2) is 70.0 Å². The van der Waals surface area contributed by atoms with Crippen molar-refractivity contribution in [3.63, 3.8) is 0 Å². The van der Waals surface area contributed by atoms with Gasteiger partial charge in [0.15, 0.2) is 6.10 Å². The van der Waals surface area contributed by atoms with Gasteiger partial charge in [0.25, 0.3) is 7.82 Å². The van der Waals surface area contributed by atoms with Gasteiger partial charge in [0.1, 0.15) is 19.8 Å². The summed E-state index contributed by atoms with van der Waals surface area (Å²) in [6, 6.07) is 0. The first kappa shape index (κ1) is 96.2. The van der Waals surface area contributed by atoms with Crippen molar-refractivity contribution in [2.24, 2.45) is 0 Å². The number of allylic oxidation sites excluding steroid dienone is 6. The molecule has 9 nitrogen and oxygen atoms in total. The zero-order valence-electron chi connectivity index (χ0n) is 66.5. The number of quaternary nitrogens is 1. The lowest BCUT2D eigenvalue weighted by Crippen LogP contribution is -2.37. The van der Waals surface area contributed by atoms with Crippen LogP contribution in [0.4, 0.5) is 0 Å².